The van der Waals surface area contributed by atoms with Gasteiger partial charge in [-0.1, -0.05) is 155 Å². The van der Waals surface area contributed by atoms with Crippen LogP contribution in [-0.2, 0) is 30.5 Å². The van der Waals surface area contributed by atoms with Crippen LogP contribution in [0.15, 0.2) is 106 Å². The summed E-state index contributed by atoms with van der Waals surface area (Å²) in [5.41, 5.74) is 3.57. The van der Waals surface area contributed by atoms with E-state index in [-0.39, 0.29) is 68.4 Å². The zero-order valence-corrected chi connectivity index (χ0v) is 54.0. The van der Waals surface area contributed by atoms with Crippen molar-refractivity contribution in [1.29, 1.82) is 10.5 Å². The molecule has 2 unspecified atom stereocenters. The van der Waals surface area contributed by atoms with Crippen LogP contribution in [0.25, 0.3) is 26.3 Å². The van der Waals surface area contributed by atoms with Crippen LogP contribution in [0.5, 0.6) is 5.75 Å². The molecule has 9 rings (SSSR count). The average Bonchev–Trinajstić information content (AvgIpc) is 4.43. The summed E-state index contributed by atoms with van der Waals surface area (Å²) in [6.07, 6.45) is 9.77. The van der Waals surface area contributed by atoms with Gasteiger partial charge in [0.25, 0.3) is 11.4 Å². The number of benzene rings is 4. The second kappa shape index (κ2) is 32.9. The first-order chi connectivity index (χ1) is 38.6. The SMILES string of the molecule is CCCCCS(=O)(=O)c1ccc([N+](=O)[O-])cc1[N+](=O)[O-].CCCN(CC)CC1COC2(CCC(C(C)(C)C)CC2)O1.CC[S+]([O-])c1sc(C#N)c(Cl)c1C#N.Cc1cccc2sc3nncn3c12.[Na+].[O-]c1ccccc1-c1ccccc1. The van der Waals surface area contributed by atoms with Gasteiger partial charge >= 0.3 is 29.6 Å². The molecule has 7 aromatic rings. The van der Waals surface area contributed by atoms with Gasteiger partial charge in [0.1, 0.15) is 39.6 Å². The van der Waals surface area contributed by atoms with Crippen molar-refractivity contribution in [2.75, 3.05) is 37.7 Å². The molecule has 1 aliphatic carbocycles. The molecule has 3 aromatic heterocycles. The smallest absolute Gasteiger partial charge is 0.872 e. The van der Waals surface area contributed by atoms with Crippen molar-refractivity contribution < 1.29 is 67.0 Å². The number of nitrogens with zero attached hydrogens (tertiary/aromatic N) is 8. The molecule has 1 aliphatic heterocycles. The number of aryl methyl sites for hydroxylation is 1. The van der Waals surface area contributed by atoms with E-state index in [1.54, 1.807) is 36.7 Å². The fourth-order valence-corrected chi connectivity index (χ4v) is 14.5. The maximum Gasteiger partial charge on any atom is 1.00 e. The minimum Gasteiger partial charge on any atom is -0.872 e. The first kappa shape index (κ1) is 69.4. The Kier molecular flexibility index (Phi) is 27.8. The van der Waals surface area contributed by atoms with Gasteiger partial charge in [0.15, 0.2) is 15.6 Å². The molecule has 82 heavy (non-hydrogen) atoms. The molecule has 1 saturated carbocycles. The summed E-state index contributed by atoms with van der Waals surface area (Å²) >= 11 is 7.23. The summed E-state index contributed by atoms with van der Waals surface area (Å²) in [6, 6.07) is 29.3. The number of thiophene rings is 1. The quantitative estimate of drug-likeness (QED) is 0.0304. The first-order valence-electron chi connectivity index (χ1n) is 26.8. The number of ether oxygens (including phenoxy) is 2. The minimum absolute atomic E-state index is 0. The Hall–Kier alpha value is -5.05. The number of nitriles is 2. The van der Waals surface area contributed by atoms with E-state index in [9.17, 15) is 38.3 Å². The number of nitro benzene ring substituents is 2. The van der Waals surface area contributed by atoms with Gasteiger partial charge in [0.05, 0.1) is 49.6 Å². The van der Waals surface area contributed by atoms with E-state index in [0.717, 1.165) is 91.0 Å². The van der Waals surface area contributed by atoms with Gasteiger partial charge in [-0.15, -0.1) is 15.9 Å². The van der Waals surface area contributed by atoms with Crippen LogP contribution in [0.1, 0.15) is 116 Å². The van der Waals surface area contributed by atoms with Gasteiger partial charge < -0.3 is 24.0 Å². The zero-order valence-electron chi connectivity index (χ0n) is 48.0. The van der Waals surface area contributed by atoms with Crippen molar-refractivity contribution in [3.05, 3.63) is 139 Å². The number of unbranched alkanes of at least 4 members (excludes halogenated alkanes) is 2. The third kappa shape index (κ3) is 19.0. The zero-order chi connectivity index (χ0) is 59.5. The molecule has 0 N–H and O–H groups in total. The normalized spacial score (nSPS) is 16.8. The molecule has 1 spiro atoms. The van der Waals surface area contributed by atoms with E-state index in [1.165, 1.54) is 35.0 Å². The number of aromatic nitrogens is 3. The molecule has 2 aliphatic rings. The predicted octanol–water partition coefficient (Wildman–Crippen LogP) is 10.5. The standard InChI is InChI=1S/C18H35NO2.C12H10O.C11H14N2O6S.C9H7N3S.C8H5ClN2OS2.Na/c1-6-12-19(7-2)13-16-14-20-18(21-16)10-8-15(9-11-18)17(3,4)5;13-12-9-5-4-8-11(12)10-6-2-1-3-7-10;1-2-3-4-7-20(18,19)11-6-5-9(12(14)15)8-10(11)13(16)17;1-6-3-2-4-7-8(6)12-5-10-11-9(12)13-7;1-2-14(12)8-5(3-10)7(9)6(4-11)13-8;/h15-16H,6-14H2,1-5H3;1-9,13H;5-6,8H,2-4,7H2,1H3;2-5H,1H3;2H2,1H3;/q;;;;;+1/p-1. The Morgan fingerprint density at radius 2 is 1.60 bits per heavy atom. The summed E-state index contributed by atoms with van der Waals surface area (Å²) in [5, 5.41) is 58.4. The van der Waals surface area contributed by atoms with Crippen LogP contribution in [0.2, 0.25) is 5.02 Å². The van der Waals surface area contributed by atoms with Crippen molar-refractivity contribution in [2.24, 2.45) is 11.3 Å². The molecule has 2 fully saturated rings. The summed E-state index contributed by atoms with van der Waals surface area (Å²) in [6.45, 7) is 21.4. The van der Waals surface area contributed by atoms with E-state index in [0.29, 0.717) is 34.3 Å². The average molecular weight is 1230 g/mol. The van der Waals surface area contributed by atoms with Gasteiger partial charge in [0, 0.05) is 25.5 Å². The first-order valence-corrected chi connectivity index (χ1v) is 31.7. The van der Waals surface area contributed by atoms with Crippen molar-refractivity contribution in [3.63, 3.8) is 0 Å². The van der Waals surface area contributed by atoms with Crippen molar-refractivity contribution in [1.82, 2.24) is 19.5 Å². The Labute approximate surface area is 519 Å². The number of sulfone groups is 1. The number of hydrogen-bond donors (Lipinski definition) is 0. The molecular weight excluding hydrogens is 1160 g/mol. The van der Waals surface area contributed by atoms with Gasteiger partial charge in [-0.05, 0) is 104 Å². The van der Waals surface area contributed by atoms with Crippen molar-refractivity contribution in [2.45, 2.75) is 128 Å². The number of halogens is 1. The Balaban J connectivity index is 0.000000223. The van der Waals surface area contributed by atoms with Crippen LogP contribution in [0, 0.1) is 61.1 Å². The second-order valence-electron chi connectivity index (χ2n) is 20.3. The molecule has 24 heteroatoms. The van der Waals surface area contributed by atoms with Crippen molar-refractivity contribution in [3.8, 4) is 29.0 Å². The number of thiazole rings is 1. The maximum absolute atomic E-state index is 12.0. The van der Waals surface area contributed by atoms with Gasteiger partial charge in [0.2, 0.25) is 9.17 Å². The van der Waals surface area contributed by atoms with Crippen LogP contribution in [0.4, 0.5) is 11.4 Å². The van der Waals surface area contributed by atoms with Gasteiger partial charge in [-0.3, -0.25) is 24.6 Å². The number of para-hydroxylation sites is 2. The molecule has 4 heterocycles. The van der Waals surface area contributed by atoms with Crippen LogP contribution >= 0.6 is 34.3 Å². The molecule has 4 aromatic carbocycles. The van der Waals surface area contributed by atoms with Gasteiger partial charge in [-0.2, -0.15) is 10.5 Å². The largest absolute Gasteiger partial charge is 1.00 e. The van der Waals surface area contributed by atoms with E-state index in [4.69, 9.17) is 31.6 Å². The molecule has 18 nitrogen and oxygen atoms in total. The fraction of sp³-hybridized carbons (Fsp3) is 0.448. The second-order valence-corrected chi connectivity index (χ2v) is 26.7. The number of hydrogen-bond acceptors (Lipinski definition) is 17. The number of nitro groups is 2. The third-order valence-corrected chi connectivity index (χ3v) is 19.8. The summed E-state index contributed by atoms with van der Waals surface area (Å²) in [5.74, 6) is 0.837. The molecular formula is C58H70ClN8NaO10S4. The molecule has 0 amide bonds. The topological polar surface area (TPSA) is 266 Å². The summed E-state index contributed by atoms with van der Waals surface area (Å²) < 4.78 is 51.8. The number of likely N-dealkylation sites (N-methyl/N-ethyl adjacent to an activating group) is 1. The minimum atomic E-state index is -3.81. The van der Waals surface area contributed by atoms with E-state index < -0.39 is 47.1 Å². The molecule has 0 radical (unpaired) electrons. The number of fused-ring (bicyclic) bond motifs is 3. The van der Waals surface area contributed by atoms with E-state index in [1.807, 2.05) is 65.9 Å². The third-order valence-electron chi connectivity index (χ3n) is 13.7. The maximum atomic E-state index is 12.0. The van der Waals surface area contributed by atoms with E-state index in [2.05, 4.69) is 74.8 Å². The Morgan fingerprint density at radius 1 is 0.915 bits per heavy atom. The molecule has 0 bridgehead atoms. The molecule has 434 valence electrons. The monoisotopic (exact) mass is 1220 g/mol. The molecule has 1 saturated heterocycles. The Morgan fingerprint density at radius 3 is 2.18 bits per heavy atom. The fourth-order valence-electron chi connectivity index (χ4n) is 9.29. The number of rotatable bonds is 15. The Bertz CT molecular complexity index is 3390. The summed E-state index contributed by atoms with van der Waals surface area (Å²) in [7, 11) is -3.81. The predicted molar refractivity (Wildman–Crippen MR) is 319 cm³/mol. The number of non-ortho nitro benzene ring substituents is 1. The molecule has 2 atom stereocenters. The van der Waals surface area contributed by atoms with Crippen LogP contribution < -0.4 is 34.7 Å². The van der Waals surface area contributed by atoms with Gasteiger partial charge in [-0.25, -0.2) is 8.42 Å². The van der Waals surface area contributed by atoms with E-state index >= 15 is 0 Å². The van der Waals surface area contributed by atoms with Crippen LogP contribution in [-0.4, -0.2) is 92.0 Å². The summed E-state index contributed by atoms with van der Waals surface area (Å²) in [4.78, 5) is 23.0. The van der Waals surface area contributed by atoms with Crippen molar-refractivity contribution >= 4 is 81.8 Å². The van der Waals surface area contributed by atoms with Crippen LogP contribution in [0.3, 0.4) is 0 Å².